The summed E-state index contributed by atoms with van der Waals surface area (Å²) in [6.45, 7) is 0. The predicted molar refractivity (Wildman–Crippen MR) is 221 cm³/mol. The van der Waals surface area contributed by atoms with Gasteiger partial charge in [-0.25, -0.2) is 0 Å². The first-order valence-electron chi connectivity index (χ1n) is 18.5. The lowest BCUT2D eigenvalue weighted by atomic mass is 9.51. The summed E-state index contributed by atoms with van der Waals surface area (Å²) in [6.07, 6.45) is 7.14. The van der Waals surface area contributed by atoms with E-state index < -0.39 is 0 Å². The van der Waals surface area contributed by atoms with Crippen LogP contribution in [0.1, 0.15) is 39.7 Å². The molecule has 0 saturated carbocycles. The zero-order valence-electron chi connectivity index (χ0n) is 29.1. The van der Waals surface area contributed by atoms with E-state index in [0.29, 0.717) is 16.9 Å². The zero-order valence-corrected chi connectivity index (χ0v) is 29.9. The average Bonchev–Trinajstić information content (AvgIpc) is 3.23. The number of hydrogen-bond donors (Lipinski definition) is 0. The summed E-state index contributed by atoms with van der Waals surface area (Å²) in [4.78, 5) is 4.61. The predicted octanol–water partition coefficient (Wildman–Crippen LogP) is 13.8. The van der Waals surface area contributed by atoms with Crippen molar-refractivity contribution in [3.8, 4) is 0 Å². The van der Waals surface area contributed by atoms with Gasteiger partial charge in [-0.3, -0.25) is 0 Å². The van der Waals surface area contributed by atoms with E-state index in [1.165, 1.54) is 33.4 Å². The number of rotatable bonds is 7. The van der Waals surface area contributed by atoms with E-state index in [4.69, 9.17) is 11.6 Å². The topological polar surface area (TPSA) is 6.48 Å². The molecular weight excluding hydrogens is 664 g/mol. The number of allylic oxidation sites excluding steroid dienone is 4. The van der Waals surface area contributed by atoms with Gasteiger partial charge in [-0.15, -0.1) is 0 Å². The number of hydrogen-bond acceptors (Lipinski definition) is 2. The van der Waals surface area contributed by atoms with Gasteiger partial charge in [0.15, 0.2) is 0 Å². The van der Waals surface area contributed by atoms with Crippen LogP contribution in [0.2, 0.25) is 5.02 Å². The molecule has 2 nitrogen and oxygen atoms in total. The lowest BCUT2D eigenvalue weighted by Crippen LogP contribution is -2.40. The van der Waals surface area contributed by atoms with Crippen LogP contribution in [-0.2, 0) is 0 Å². The minimum atomic E-state index is 0.245. The Hall–Kier alpha value is -6.09. The molecule has 7 aromatic rings. The maximum Gasteiger partial charge on any atom is 0.0887 e. The van der Waals surface area contributed by atoms with Crippen molar-refractivity contribution in [2.75, 3.05) is 9.80 Å². The van der Waals surface area contributed by atoms with E-state index >= 15 is 0 Å². The molecule has 7 aromatic carbocycles. The van der Waals surface area contributed by atoms with Gasteiger partial charge >= 0.3 is 0 Å². The molecule has 11 rings (SSSR count). The first-order chi connectivity index (χ1) is 26.3. The Kier molecular flexibility index (Phi) is 7.85. The van der Waals surface area contributed by atoms with E-state index in [-0.39, 0.29) is 11.8 Å². The molecule has 0 heterocycles. The molecule has 4 aliphatic rings. The summed E-state index contributed by atoms with van der Waals surface area (Å²) in [5, 5.41) is 0.679. The normalized spacial score (nSPS) is 19.1. The van der Waals surface area contributed by atoms with Gasteiger partial charge in [-0.1, -0.05) is 151 Å². The summed E-state index contributed by atoms with van der Waals surface area (Å²) < 4.78 is 0. The van der Waals surface area contributed by atoms with Crippen molar-refractivity contribution in [1.82, 2.24) is 0 Å². The van der Waals surface area contributed by atoms with Gasteiger partial charge in [-0.2, -0.15) is 0 Å². The van der Waals surface area contributed by atoms with Crippen molar-refractivity contribution < 1.29 is 0 Å². The smallest absolute Gasteiger partial charge is 0.0887 e. The van der Waals surface area contributed by atoms with Crippen LogP contribution in [0.4, 0.5) is 34.1 Å². The second kappa shape index (κ2) is 13.2. The SMILES string of the molecule is Clc1c(N(c2ccccc2)c2ccccc2)cc(C2=CC=CC3C4c5ccccc5C(c5ccccc54)C23)cc1N(c1ccccc1)c1ccccc1. The van der Waals surface area contributed by atoms with Crippen molar-refractivity contribution in [3.63, 3.8) is 0 Å². The highest BCUT2D eigenvalue weighted by molar-refractivity contribution is 6.37. The molecule has 254 valence electrons. The van der Waals surface area contributed by atoms with Gasteiger partial charge in [-0.05, 0) is 100.0 Å². The first-order valence-corrected chi connectivity index (χ1v) is 18.8. The Balaban J connectivity index is 1.24. The van der Waals surface area contributed by atoms with Gasteiger partial charge in [0.25, 0.3) is 0 Å². The minimum Gasteiger partial charge on any atom is -0.309 e. The van der Waals surface area contributed by atoms with Gasteiger partial charge in [0, 0.05) is 40.5 Å². The summed E-state index contributed by atoms with van der Waals surface area (Å²) >= 11 is 7.83. The standard InChI is InChI=1S/C50H37ClN2/c51-50-45(52(35-18-5-1-6-19-35)36-20-7-2-8-21-36)32-34(33-46(50)53(37-22-9-3-10-23-37)38-24-11-4-12-25-38)39-30-17-31-44-47-40-26-13-15-28-42(40)49(48(39)44)43-29-16-14-27-41(43)47/h1-33,44,47-49H. The molecule has 0 amide bonds. The molecule has 0 saturated heterocycles. The third kappa shape index (κ3) is 5.25. The van der Waals surface area contributed by atoms with Crippen molar-refractivity contribution >= 4 is 51.3 Å². The van der Waals surface area contributed by atoms with Crippen LogP contribution in [0.3, 0.4) is 0 Å². The van der Waals surface area contributed by atoms with Crippen molar-refractivity contribution in [2.24, 2.45) is 11.8 Å². The fourth-order valence-corrected chi connectivity index (χ4v) is 9.55. The summed E-state index contributed by atoms with van der Waals surface area (Å²) in [5.74, 6) is 1.15. The van der Waals surface area contributed by atoms with Gasteiger partial charge in [0.1, 0.15) is 0 Å². The average molecular weight is 701 g/mol. The summed E-state index contributed by atoms with van der Waals surface area (Å²) in [5.41, 5.74) is 14.4. The number of benzene rings is 7. The Morgan fingerprint density at radius 3 is 1.17 bits per heavy atom. The number of nitrogens with zero attached hydrogens (tertiary/aromatic N) is 2. The maximum absolute atomic E-state index is 7.83. The highest BCUT2D eigenvalue weighted by Gasteiger charge is 2.50. The van der Waals surface area contributed by atoms with Crippen LogP contribution >= 0.6 is 11.6 Å². The molecule has 2 atom stereocenters. The number of para-hydroxylation sites is 4. The van der Waals surface area contributed by atoms with Gasteiger partial charge < -0.3 is 9.80 Å². The molecule has 3 heteroatoms. The van der Waals surface area contributed by atoms with Crippen molar-refractivity contribution in [3.05, 3.63) is 233 Å². The number of halogens is 1. The van der Waals surface area contributed by atoms with E-state index in [0.717, 1.165) is 34.1 Å². The molecule has 53 heavy (non-hydrogen) atoms. The lowest BCUT2D eigenvalue weighted by Gasteiger charge is -2.52. The second-order valence-corrected chi connectivity index (χ2v) is 14.5. The van der Waals surface area contributed by atoms with E-state index in [1.807, 2.05) is 0 Å². The fourth-order valence-electron chi connectivity index (χ4n) is 9.27. The third-order valence-corrected chi connectivity index (χ3v) is 11.8. The van der Waals surface area contributed by atoms with Crippen LogP contribution < -0.4 is 9.80 Å². The largest absolute Gasteiger partial charge is 0.309 e. The molecule has 0 N–H and O–H groups in total. The van der Waals surface area contributed by atoms with Crippen LogP contribution in [-0.4, -0.2) is 0 Å². The highest BCUT2D eigenvalue weighted by Crippen LogP contribution is 2.63. The Morgan fingerprint density at radius 1 is 0.415 bits per heavy atom. The van der Waals surface area contributed by atoms with E-state index in [2.05, 4.69) is 210 Å². The second-order valence-electron chi connectivity index (χ2n) is 14.2. The highest BCUT2D eigenvalue weighted by atomic mass is 35.5. The van der Waals surface area contributed by atoms with Crippen molar-refractivity contribution in [2.45, 2.75) is 11.8 Å². The quantitative estimate of drug-likeness (QED) is 0.163. The summed E-state index contributed by atoms with van der Waals surface area (Å²) in [7, 11) is 0. The van der Waals surface area contributed by atoms with E-state index in [9.17, 15) is 0 Å². The Bertz CT molecular complexity index is 2260. The molecule has 0 spiro atoms. The van der Waals surface area contributed by atoms with Crippen molar-refractivity contribution in [1.29, 1.82) is 0 Å². The Labute approximate surface area is 316 Å². The maximum atomic E-state index is 7.83. The van der Waals surface area contributed by atoms with Gasteiger partial charge in [0.05, 0.1) is 16.4 Å². The van der Waals surface area contributed by atoms with Crippen LogP contribution in [0.25, 0.3) is 5.57 Å². The number of anilines is 6. The third-order valence-electron chi connectivity index (χ3n) is 11.4. The molecule has 2 unspecified atom stereocenters. The van der Waals surface area contributed by atoms with E-state index in [1.54, 1.807) is 0 Å². The Morgan fingerprint density at radius 2 is 0.774 bits per heavy atom. The minimum absolute atomic E-state index is 0.245. The van der Waals surface area contributed by atoms with Crippen LogP contribution in [0, 0.1) is 11.8 Å². The lowest BCUT2D eigenvalue weighted by molar-refractivity contribution is 0.342. The van der Waals surface area contributed by atoms with Crippen LogP contribution in [0.5, 0.6) is 0 Å². The molecule has 0 aromatic heterocycles. The molecule has 0 radical (unpaired) electrons. The molecule has 4 aliphatic carbocycles. The molecule has 2 bridgehead atoms. The zero-order chi connectivity index (χ0) is 35.3. The first kappa shape index (κ1) is 31.6. The molecule has 0 fully saturated rings. The fraction of sp³-hybridized carbons (Fsp3) is 0.0800. The molecular formula is C50H37ClN2. The summed E-state index contributed by atoms with van der Waals surface area (Å²) in [6, 6.07) is 65.3. The molecule has 0 aliphatic heterocycles. The van der Waals surface area contributed by atoms with Gasteiger partial charge in [0.2, 0.25) is 0 Å². The monoisotopic (exact) mass is 700 g/mol. The van der Waals surface area contributed by atoms with Crippen LogP contribution in [0.15, 0.2) is 200 Å².